The molecule has 74 valence electrons. The molecule has 0 aliphatic heterocycles. The number of nitrogens with two attached hydrogens (primary N) is 1. The summed E-state index contributed by atoms with van der Waals surface area (Å²) in [5.41, 5.74) is 4.88. The summed E-state index contributed by atoms with van der Waals surface area (Å²) in [6.45, 7) is 0. The van der Waals surface area contributed by atoms with Gasteiger partial charge in [-0.1, -0.05) is 0 Å². The van der Waals surface area contributed by atoms with E-state index < -0.39 is 11.9 Å². The topological polar surface area (TPSA) is 43.3 Å². The molecule has 0 atom stereocenters. The van der Waals surface area contributed by atoms with Gasteiger partial charge in [0, 0.05) is 12.4 Å². The van der Waals surface area contributed by atoms with Crippen molar-refractivity contribution in [3.05, 3.63) is 30.2 Å². The van der Waals surface area contributed by atoms with Gasteiger partial charge in [-0.25, -0.2) is 4.98 Å². The van der Waals surface area contributed by atoms with Crippen LogP contribution in [0.25, 0.3) is 5.65 Å². The molecule has 0 bridgehead atoms. The number of nitrogens with zero attached hydrogens (tertiary/aromatic N) is 2. The average Bonchev–Trinajstić information content (AvgIpc) is 2.48. The van der Waals surface area contributed by atoms with Gasteiger partial charge in [0.25, 0.3) is 0 Å². The number of halogens is 3. The van der Waals surface area contributed by atoms with Crippen molar-refractivity contribution >= 4 is 11.3 Å². The number of imidazole rings is 1. The molecule has 2 aromatic heterocycles. The Balaban J connectivity index is 2.69. The highest BCUT2D eigenvalue weighted by atomic mass is 19.4. The molecule has 0 saturated carbocycles. The van der Waals surface area contributed by atoms with Crippen molar-refractivity contribution < 1.29 is 13.2 Å². The number of aromatic nitrogens is 2. The Morgan fingerprint density at radius 1 is 1.36 bits per heavy atom. The van der Waals surface area contributed by atoms with Crippen molar-refractivity contribution in [3.8, 4) is 0 Å². The first kappa shape index (κ1) is 8.86. The smallest absolute Gasteiger partial charge is 0.396 e. The van der Waals surface area contributed by atoms with Gasteiger partial charge < -0.3 is 10.1 Å². The number of anilines is 1. The first-order valence-electron chi connectivity index (χ1n) is 3.79. The van der Waals surface area contributed by atoms with Gasteiger partial charge in [0.1, 0.15) is 0 Å². The zero-order chi connectivity index (χ0) is 10.3. The molecule has 2 aromatic rings. The molecule has 0 aliphatic carbocycles. The molecule has 2 heterocycles. The molecule has 0 unspecified atom stereocenters. The first-order chi connectivity index (χ1) is 6.48. The fourth-order valence-corrected chi connectivity index (χ4v) is 1.17. The number of alkyl halides is 3. The molecule has 3 nitrogen and oxygen atoms in total. The summed E-state index contributed by atoms with van der Waals surface area (Å²) in [6.07, 6.45) is -2.06. The maximum Gasteiger partial charge on any atom is 0.434 e. The predicted octanol–water partition coefficient (Wildman–Crippen LogP) is 1.94. The Morgan fingerprint density at radius 3 is 2.64 bits per heavy atom. The summed E-state index contributed by atoms with van der Waals surface area (Å²) < 4.78 is 38.0. The number of rotatable bonds is 0. The van der Waals surface area contributed by atoms with Gasteiger partial charge in [-0.2, -0.15) is 13.2 Å². The molecule has 0 saturated heterocycles. The van der Waals surface area contributed by atoms with Gasteiger partial charge in [-0.15, -0.1) is 0 Å². The van der Waals surface area contributed by atoms with Crippen molar-refractivity contribution in [2.24, 2.45) is 0 Å². The van der Waals surface area contributed by atoms with E-state index in [9.17, 15) is 13.2 Å². The van der Waals surface area contributed by atoms with Crippen molar-refractivity contribution in [2.45, 2.75) is 6.18 Å². The van der Waals surface area contributed by atoms with Crippen LogP contribution in [0.3, 0.4) is 0 Å². The van der Waals surface area contributed by atoms with Gasteiger partial charge in [0.15, 0.2) is 11.3 Å². The normalized spacial score (nSPS) is 12.2. The second-order valence-corrected chi connectivity index (χ2v) is 2.82. The molecule has 2 N–H and O–H groups in total. The highest BCUT2D eigenvalue weighted by Gasteiger charge is 2.34. The minimum Gasteiger partial charge on any atom is -0.396 e. The first-order valence-corrected chi connectivity index (χ1v) is 3.79. The lowest BCUT2D eigenvalue weighted by Gasteiger charge is -1.98. The van der Waals surface area contributed by atoms with E-state index in [1.165, 1.54) is 16.7 Å². The fourth-order valence-electron chi connectivity index (χ4n) is 1.17. The van der Waals surface area contributed by atoms with E-state index in [1.807, 2.05) is 0 Å². The molecule has 0 aliphatic rings. The van der Waals surface area contributed by atoms with Crippen molar-refractivity contribution in [3.63, 3.8) is 0 Å². The van der Waals surface area contributed by atoms with E-state index in [2.05, 4.69) is 4.98 Å². The van der Waals surface area contributed by atoms with Crippen LogP contribution in [-0.2, 0) is 6.18 Å². The molecule has 0 radical (unpaired) electrons. The number of hydrogen-bond acceptors (Lipinski definition) is 2. The van der Waals surface area contributed by atoms with Crippen molar-refractivity contribution in [1.29, 1.82) is 0 Å². The zero-order valence-electron chi connectivity index (χ0n) is 6.92. The molecule has 0 aromatic carbocycles. The minimum absolute atomic E-state index is 0.125. The Hall–Kier alpha value is -1.72. The lowest BCUT2D eigenvalue weighted by Crippen LogP contribution is -2.04. The van der Waals surface area contributed by atoms with Crippen molar-refractivity contribution in [1.82, 2.24) is 9.38 Å². The standard InChI is InChI=1S/C8H6F3N3/c9-8(10,11)6-4-14-3-1-2-5(12)7(14)13-6/h1-4H,12H2. The summed E-state index contributed by atoms with van der Waals surface area (Å²) in [6, 6.07) is 3.06. The van der Waals surface area contributed by atoms with E-state index in [1.54, 1.807) is 6.07 Å². The zero-order valence-corrected chi connectivity index (χ0v) is 6.92. The van der Waals surface area contributed by atoms with Crippen LogP contribution >= 0.6 is 0 Å². The van der Waals surface area contributed by atoms with Crippen LogP contribution in [-0.4, -0.2) is 9.38 Å². The summed E-state index contributed by atoms with van der Waals surface area (Å²) in [7, 11) is 0. The molecule has 14 heavy (non-hydrogen) atoms. The number of fused-ring (bicyclic) bond motifs is 1. The summed E-state index contributed by atoms with van der Waals surface area (Å²) >= 11 is 0. The van der Waals surface area contributed by atoms with Crippen LogP contribution in [0.4, 0.5) is 18.9 Å². The fraction of sp³-hybridized carbons (Fsp3) is 0.125. The van der Waals surface area contributed by atoms with Crippen molar-refractivity contribution in [2.75, 3.05) is 5.73 Å². The number of nitrogen functional groups attached to an aromatic ring is 1. The largest absolute Gasteiger partial charge is 0.434 e. The van der Waals surface area contributed by atoms with Gasteiger partial charge in [-0.05, 0) is 12.1 Å². The molecule has 2 rings (SSSR count). The summed E-state index contributed by atoms with van der Waals surface area (Å²) in [5, 5.41) is 0. The quantitative estimate of drug-likeness (QED) is 0.707. The molecule has 0 spiro atoms. The molecule has 0 amide bonds. The van der Waals surface area contributed by atoms with E-state index in [0.29, 0.717) is 0 Å². The van der Waals surface area contributed by atoms with Crippen LogP contribution in [0.1, 0.15) is 5.69 Å². The lowest BCUT2D eigenvalue weighted by molar-refractivity contribution is -0.140. The highest BCUT2D eigenvalue weighted by molar-refractivity contribution is 5.64. The van der Waals surface area contributed by atoms with E-state index in [-0.39, 0.29) is 11.3 Å². The average molecular weight is 201 g/mol. The Morgan fingerprint density at radius 2 is 2.07 bits per heavy atom. The van der Waals surface area contributed by atoms with Crippen LogP contribution in [0, 0.1) is 0 Å². The van der Waals surface area contributed by atoms with E-state index in [0.717, 1.165) is 6.20 Å². The van der Waals surface area contributed by atoms with E-state index >= 15 is 0 Å². The summed E-state index contributed by atoms with van der Waals surface area (Å²) in [4.78, 5) is 3.40. The Kier molecular flexibility index (Phi) is 1.67. The van der Waals surface area contributed by atoms with Gasteiger partial charge in [-0.3, -0.25) is 0 Å². The second-order valence-electron chi connectivity index (χ2n) is 2.82. The SMILES string of the molecule is Nc1cccn2cc(C(F)(F)F)nc12. The highest BCUT2D eigenvalue weighted by Crippen LogP contribution is 2.29. The Bertz CT molecular complexity index is 472. The number of hydrogen-bond donors (Lipinski definition) is 1. The minimum atomic E-state index is -4.43. The Labute approximate surface area is 77.0 Å². The van der Waals surface area contributed by atoms with E-state index in [4.69, 9.17) is 5.73 Å². The molecular weight excluding hydrogens is 195 g/mol. The second kappa shape index (κ2) is 2.63. The summed E-state index contributed by atoms with van der Waals surface area (Å²) in [5.74, 6) is 0. The van der Waals surface area contributed by atoms with Gasteiger partial charge >= 0.3 is 6.18 Å². The predicted molar refractivity (Wildman–Crippen MR) is 44.6 cm³/mol. The van der Waals surface area contributed by atoms with Crippen LogP contribution < -0.4 is 5.73 Å². The monoisotopic (exact) mass is 201 g/mol. The molecular formula is C8H6F3N3. The van der Waals surface area contributed by atoms with Crippen LogP contribution in [0.2, 0.25) is 0 Å². The van der Waals surface area contributed by atoms with Gasteiger partial charge in [0.05, 0.1) is 5.69 Å². The van der Waals surface area contributed by atoms with Crippen LogP contribution in [0.15, 0.2) is 24.5 Å². The number of pyridine rings is 1. The maximum absolute atomic E-state index is 12.2. The van der Waals surface area contributed by atoms with Gasteiger partial charge in [0.2, 0.25) is 0 Å². The third kappa shape index (κ3) is 1.28. The van der Waals surface area contributed by atoms with Crippen LogP contribution in [0.5, 0.6) is 0 Å². The molecule has 6 heteroatoms. The molecule has 0 fully saturated rings. The third-order valence-electron chi connectivity index (χ3n) is 1.80. The maximum atomic E-state index is 12.2. The third-order valence-corrected chi connectivity index (χ3v) is 1.80. The lowest BCUT2D eigenvalue weighted by atomic mass is 10.4.